The SMILES string of the molecule is CC(O)CCN(C)c1ncc([N+](=O)[O-])cn1. The smallest absolute Gasteiger partial charge is 0.305 e. The van der Waals surface area contributed by atoms with E-state index in [4.69, 9.17) is 5.11 Å². The first-order chi connectivity index (χ1) is 7.50. The fourth-order valence-electron chi connectivity index (χ4n) is 1.09. The third kappa shape index (κ3) is 3.43. The molecule has 0 fully saturated rings. The van der Waals surface area contributed by atoms with Crippen LogP contribution in [-0.2, 0) is 0 Å². The molecule has 16 heavy (non-hydrogen) atoms. The van der Waals surface area contributed by atoms with Crippen LogP contribution < -0.4 is 4.90 Å². The lowest BCUT2D eigenvalue weighted by Gasteiger charge is -2.16. The Bertz CT molecular complexity index is 352. The molecule has 0 spiro atoms. The van der Waals surface area contributed by atoms with Gasteiger partial charge in [-0.2, -0.15) is 0 Å². The van der Waals surface area contributed by atoms with Crippen molar-refractivity contribution in [2.75, 3.05) is 18.5 Å². The summed E-state index contributed by atoms with van der Waals surface area (Å²) in [7, 11) is 1.77. The Hall–Kier alpha value is -1.76. The highest BCUT2D eigenvalue weighted by molar-refractivity contribution is 5.32. The lowest BCUT2D eigenvalue weighted by Crippen LogP contribution is -2.23. The molecule has 0 aliphatic rings. The Morgan fingerprint density at radius 2 is 2.12 bits per heavy atom. The average Bonchev–Trinajstić information content (AvgIpc) is 2.26. The van der Waals surface area contributed by atoms with Crippen molar-refractivity contribution in [3.05, 3.63) is 22.5 Å². The van der Waals surface area contributed by atoms with Crippen LogP contribution in [0.25, 0.3) is 0 Å². The number of aromatic nitrogens is 2. The van der Waals surface area contributed by atoms with E-state index in [1.54, 1.807) is 18.9 Å². The molecule has 1 unspecified atom stereocenters. The fourth-order valence-corrected chi connectivity index (χ4v) is 1.09. The predicted octanol–water partition coefficient (Wildman–Crippen LogP) is 0.592. The number of aliphatic hydroxyl groups excluding tert-OH is 1. The molecule has 88 valence electrons. The van der Waals surface area contributed by atoms with Gasteiger partial charge in [0.1, 0.15) is 12.4 Å². The van der Waals surface area contributed by atoms with E-state index in [-0.39, 0.29) is 11.8 Å². The van der Waals surface area contributed by atoms with E-state index >= 15 is 0 Å². The van der Waals surface area contributed by atoms with Gasteiger partial charge >= 0.3 is 5.69 Å². The quantitative estimate of drug-likeness (QED) is 0.583. The van der Waals surface area contributed by atoms with E-state index in [1.165, 1.54) is 12.4 Å². The second-order valence-electron chi connectivity index (χ2n) is 3.56. The second-order valence-corrected chi connectivity index (χ2v) is 3.56. The summed E-state index contributed by atoms with van der Waals surface area (Å²) in [5.41, 5.74) is -0.132. The van der Waals surface area contributed by atoms with E-state index in [0.29, 0.717) is 18.9 Å². The zero-order valence-electron chi connectivity index (χ0n) is 9.20. The van der Waals surface area contributed by atoms with Gasteiger partial charge in [0.25, 0.3) is 0 Å². The topological polar surface area (TPSA) is 92.4 Å². The maximum absolute atomic E-state index is 10.4. The fraction of sp³-hybridized carbons (Fsp3) is 0.556. The van der Waals surface area contributed by atoms with Gasteiger partial charge in [0.2, 0.25) is 5.95 Å². The van der Waals surface area contributed by atoms with Crippen molar-refractivity contribution in [2.24, 2.45) is 0 Å². The molecule has 0 aromatic carbocycles. The molecule has 1 N–H and O–H groups in total. The molecule has 7 nitrogen and oxygen atoms in total. The number of aliphatic hydroxyl groups is 1. The zero-order valence-corrected chi connectivity index (χ0v) is 9.20. The van der Waals surface area contributed by atoms with Crippen LogP contribution in [0, 0.1) is 10.1 Å². The molecule has 0 saturated heterocycles. The molecule has 1 aromatic rings. The summed E-state index contributed by atoms with van der Waals surface area (Å²) in [4.78, 5) is 19.3. The minimum Gasteiger partial charge on any atom is -0.393 e. The van der Waals surface area contributed by atoms with Gasteiger partial charge in [0.15, 0.2) is 0 Å². The second kappa shape index (κ2) is 5.36. The molecular weight excluding hydrogens is 212 g/mol. The van der Waals surface area contributed by atoms with Crippen molar-refractivity contribution in [3.63, 3.8) is 0 Å². The Kier molecular flexibility index (Phi) is 4.12. The van der Waals surface area contributed by atoms with Gasteiger partial charge in [0.05, 0.1) is 11.0 Å². The van der Waals surface area contributed by atoms with Crippen LogP contribution in [0.3, 0.4) is 0 Å². The molecule has 1 atom stereocenters. The van der Waals surface area contributed by atoms with E-state index in [0.717, 1.165) is 0 Å². The van der Waals surface area contributed by atoms with E-state index < -0.39 is 4.92 Å². The van der Waals surface area contributed by atoms with Crippen LogP contribution in [0.15, 0.2) is 12.4 Å². The molecule has 0 bridgehead atoms. The Morgan fingerprint density at radius 1 is 1.56 bits per heavy atom. The van der Waals surface area contributed by atoms with Crippen LogP contribution in [0.4, 0.5) is 11.6 Å². The van der Waals surface area contributed by atoms with Crippen molar-refractivity contribution in [2.45, 2.75) is 19.4 Å². The highest BCUT2D eigenvalue weighted by atomic mass is 16.6. The Morgan fingerprint density at radius 3 is 2.56 bits per heavy atom. The molecule has 0 saturated carbocycles. The summed E-state index contributed by atoms with van der Waals surface area (Å²) in [6, 6.07) is 0. The summed E-state index contributed by atoms with van der Waals surface area (Å²) in [6.45, 7) is 2.29. The normalized spacial score (nSPS) is 12.2. The number of rotatable bonds is 5. The van der Waals surface area contributed by atoms with Gasteiger partial charge in [-0.05, 0) is 13.3 Å². The van der Waals surface area contributed by atoms with Crippen molar-refractivity contribution in [1.29, 1.82) is 0 Å². The van der Waals surface area contributed by atoms with Crippen molar-refractivity contribution < 1.29 is 10.0 Å². The van der Waals surface area contributed by atoms with Gasteiger partial charge < -0.3 is 10.0 Å². The van der Waals surface area contributed by atoms with Crippen molar-refractivity contribution >= 4 is 11.6 Å². The van der Waals surface area contributed by atoms with Gasteiger partial charge in [-0.3, -0.25) is 10.1 Å². The standard InChI is InChI=1S/C9H14N4O3/c1-7(14)3-4-12(2)9-10-5-8(6-11-9)13(15)16/h5-7,14H,3-4H2,1-2H3. The number of anilines is 1. The van der Waals surface area contributed by atoms with Crippen molar-refractivity contribution in [3.8, 4) is 0 Å². The van der Waals surface area contributed by atoms with Crippen LogP contribution in [0.5, 0.6) is 0 Å². The minimum atomic E-state index is -0.542. The Labute approximate surface area is 92.9 Å². The van der Waals surface area contributed by atoms with Crippen LogP contribution in [-0.4, -0.2) is 39.7 Å². The maximum Gasteiger partial charge on any atom is 0.305 e. The average molecular weight is 226 g/mol. The third-order valence-corrected chi connectivity index (χ3v) is 2.06. The van der Waals surface area contributed by atoms with Gasteiger partial charge in [0, 0.05) is 13.6 Å². The minimum absolute atomic E-state index is 0.132. The molecule has 0 aliphatic heterocycles. The van der Waals surface area contributed by atoms with Crippen LogP contribution >= 0.6 is 0 Å². The lowest BCUT2D eigenvalue weighted by molar-refractivity contribution is -0.385. The summed E-state index contributed by atoms with van der Waals surface area (Å²) < 4.78 is 0. The molecular formula is C9H14N4O3. The number of nitrogens with zero attached hydrogens (tertiary/aromatic N) is 4. The summed E-state index contributed by atoms with van der Waals surface area (Å²) >= 11 is 0. The molecule has 0 amide bonds. The molecule has 0 aliphatic carbocycles. The first kappa shape index (κ1) is 12.3. The van der Waals surface area contributed by atoms with Crippen LogP contribution in [0.1, 0.15) is 13.3 Å². The lowest BCUT2D eigenvalue weighted by atomic mass is 10.3. The first-order valence-corrected chi connectivity index (χ1v) is 4.86. The Balaban J connectivity index is 2.63. The molecule has 1 rings (SSSR count). The number of nitro groups is 1. The monoisotopic (exact) mass is 226 g/mol. The predicted molar refractivity (Wildman–Crippen MR) is 58.3 cm³/mol. The third-order valence-electron chi connectivity index (χ3n) is 2.06. The summed E-state index contributed by atoms with van der Waals surface area (Å²) in [6.07, 6.45) is 2.54. The van der Waals surface area contributed by atoms with Crippen LogP contribution in [0.2, 0.25) is 0 Å². The zero-order chi connectivity index (χ0) is 12.1. The van der Waals surface area contributed by atoms with E-state index in [2.05, 4.69) is 9.97 Å². The molecule has 1 aromatic heterocycles. The molecule has 1 heterocycles. The van der Waals surface area contributed by atoms with Gasteiger partial charge in [-0.15, -0.1) is 0 Å². The summed E-state index contributed by atoms with van der Waals surface area (Å²) in [5, 5.41) is 19.5. The van der Waals surface area contributed by atoms with Gasteiger partial charge in [-0.25, -0.2) is 9.97 Å². The summed E-state index contributed by atoms with van der Waals surface area (Å²) in [5.74, 6) is 0.409. The van der Waals surface area contributed by atoms with Gasteiger partial charge in [-0.1, -0.05) is 0 Å². The molecule has 7 heteroatoms. The highest BCUT2D eigenvalue weighted by Gasteiger charge is 2.09. The van der Waals surface area contributed by atoms with E-state index in [1.807, 2.05) is 0 Å². The number of hydrogen-bond acceptors (Lipinski definition) is 6. The maximum atomic E-state index is 10.4. The first-order valence-electron chi connectivity index (χ1n) is 4.86. The largest absolute Gasteiger partial charge is 0.393 e. The highest BCUT2D eigenvalue weighted by Crippen LogP contribution is 2.11. The van der Waals surface area contributed by atoms with E-state index in [9.17, 15) is 10.1 Å². The molecule has 0 radical (unpaired) electrons. The number of hydrogen-bond donors (Lipinski definition) is 1. The van der Waals surface area contributed by atoms with Crippen molar-refractivity contribution in [1.82, 2.24) is 9.97 Å².